The van der Waals surface area contributed by atoms with Crippen LogP contribution in [0.5, 0.6) is 5.75 Å². The molecule has 0 aromatic heterocycles. The van der Waals surface area contributed by atoms with Gasteiger partial charge in [-0.25, -0.2) is 0 Å². The van der Waals surface area contributed by atoms with Crippen molar-refractivity contribution in [1.29, 1.82) is 0 Å². The molecule has 0 aliphatic carbocycles. The van der Waals surface area contributed by atoms with E-state index >= 15 is 0 Å². The van der Waals surface area contributed by atoms with E-state index in [0.717, 1.165) is 30.1 Å². The summed E-state index contributed by atoms with van der Waals surface area (Å²) in [7, 11) is 2.01. The lowest BCUT2D eigenvalue weighted by Gasteiger charge is -2.24. The van der Waals surface area contributed by atoms with Gasteiger partial charge < -0.3 is 15.4 Å². The lowest BCUT2D eigenvalue weighted by atomic mass is 10.1. The Kier molecular flexibility index (Phi) is 3.68. The lowest BCUT2D eigenvalue weighted by molar-refractivity contribution is 0.239. The molecule has 1 heterocycles. The van der Waals surface area contributed by atoms with Crippen LogP contribution in [0.25, 0.3) is 0 Å². The minimum Gasteiger partial charge on any atom is -0.488 e. The molecule has 2 N–H and O–H groups in total. The molecule has 0 fully saturated rings. The molecule has 3 rings (SSSR count). The molecule has 0 saturated heterocycles. The van der Waals surface area contributed by atoms with Gasteiger partial charge in [0.15, 0.2) is 0 Å². The first-order valence-corrected chi connectivity index (χ1v) is 7.43. The minimum absolute atomic E-state index is 0.144. The number of ether oxygens (including phenoxy) is 1. The molecule has 1 aliphatic rings. The smallest absolute Gasteiger partial charge is 0.123 e. The predicted octanol–water partition coefficient (Wildman–Crippen LogP) is 3.67. The second kappa shape index (κ2) is 5.49. The maximum absolute atomic E-state index is 6.05. The third-order valence-corrected chi connectivity index (χ3v) is 4.07. The van der Waals surface area contributed by atoms with Crippen molar-refractivity contribution in [1.82, 2.24) is 0 Å². The van der Waals surface area contributed by atoms with E-state index in [-0.39, 0.29) is 6.10 Å². The molecule has 21 heavy (non-hydrogen) atoms. The van der Waals surface area contributed by atoms with Crippen LogP contribution in [0.15, 0.2) is 36.4 Å². The molecule has 1 aliphatic heterocycles. The Morgan fingerprint density at radius 3 is 2.90 bits per heavy atom. The van der Waals surface area contributed by atoms with Crippen molar-refractivity contribution in [3.63, 3.8) is 0 Å². The number of likely N-dealkylation sites (N-methyl/N-ethyl adjacent to an activating group) is 1. The highest BCUT2D eigenvalue weighted by atomic mass is 35.5. The molecule has 2 aromatic rings. The van der Waals surface area contributed by atoms with Crippen LogP contribution in [-0.4, -0.2) is 19.7 Å². The summed E-state index contributed by atoms with van der Waals surface area (Å²) in [5.74, 6) is 0.998. The molecular formula is C17H19ClN2O. The molecule has 1 atom stereocenters. The second-order valence-corrected chi connectivity index (χ2v) is 6.08. The number of nitrogens with zero attached hydrogens (tertiary/aromatic N) is 1. The molecule has 4 heteroatoms. The van der Waals surface area contributed by atoms with Crippen LogP contribution in [0.2, 0.25) is 5.02 Å². The van der Waals surface area contributed by atoms with E-state index in [0.29, 0.717) is 5.02 Å². The van der Waals surface area contributed by atoms with E-state index in [1.165, 1.54) is 11.1 Å². The summed E-state index contributed by atoms with van der Waals surface area (Å²) in [5, 5.41) is 0.692. The van der Waals surface area contributed by atoms with E-state index in [9.17, 15) is 0 Å². The maximum Gasteiger partial charge on any atom is 0.123 e. The van der Waals surface area contributed by atoms with Gasteiger partial charge in [-0.2, -0.15) is 0 Å². The summed E-state index contributed by atoms with van der Waals surface area (Å²) >= 11 is 6.05. The Labute approximate surface area is 130 Å². The topological polar surface area (TPSA) is 38.5 Å². The zero-order chi connectivity index (χ0) is 15.0. The van der Waals surface area contributed by atoms with Gasteiger partial charge in [-0.15, -0.1) is 0 Å². The Morgan fingerprint density at radius 2 is 2.10 bits per heavy atom. The van der Waals surface area contributed by atoms with Crippen molar-refractivity contribution in [2.75, 3.05) is 24.2 Å². The van der Waals surface area contributed by atoms with Gasteiger partial charge in [0.2, 0.25) is 0 Å². The number of nitrogens with two attached hydrogens (primary N) is 1. The quantitative estimate of drug-likeness (QED) is 0.879. The van der Waals surface area contributed by atoms with Gasteiger partial charge in [0.25, 0.3) is 0 Å². The maximum atomic E-state index is 6.05. The van der Waals surface area contributed by atoms with Crippen LogP contribution < -0.4 is 15.4 Å². The monoisotopic (exact) mass is 302 g/mol. The molecule has 1 unspecified atom stereocenters. The number of hydrogen-bond donors (Lipinski definition) is 1. The number of rotatable bonds is 3. The summed E-state index contributed by atoms with van der Waals surface area (Å²) in [6, 6.07) is 11.9. The third kappa shape index (κ3) is 2.93. The summed E-state index contributed by atoms with van der Waals surface area (Å²) < 4.78 is 6.01. The average Bonchev–Trinajstić information content (AvgIpc) is 2.82. The van der Waals surface area contributed by atoms with Crippen molar-refractivity contribution < 1.29 is 4.74 Å². The highest BCUT2D eigenvalue weighted by molar-refractivity contribution is 6.31. The van der Waals surface area contributed by atoms with Gasteiger partial charge >= 0.3 is 0 Å². The van der Waals surface area contributed by atoms with Crippen LogP contribution in [0.1, 0.15) is 11.1 Å². The number of fused-ring (bicyclic) bond motifs is 1. The molecule has 0 spiro atoms. The van der Waals surface area contributed by atoms with Gasteiger partial charge in [0.05, 0.1) is 17.9 Å². The third-order valence-electron chi connectivity index (χ3n) is 3.84. The Bertz CT molecular complexity index is 672. The molecule has 0 amide bonds. The first kappa shape index (κ1) is 14.1. The summed E-state index contributed by atoms with van der Waals surface area (Å²) in [6.45, 7) is 2.88. The summed E-state index contributed by atoms with van der Waals surface area (Å²) in [5.41, 5.74) is 10.3. The number of halogens is 1. The van der Waals surface area contributed by atoms with Crippen molar-refractivity contribution in [3.05, 3.63) is 52.5 Å². The van der Waals surface area contributed by atoms with Crippen molar-refractivity contribution in [2.24, 2.45) is 0 Å². The van der Waals surface area contributed by atoms with E-state index in [1.807, 2.05) is 19.2 Å². The van der Waals surface area contributed by atoms with Gasteiger partial charge in [-0.05, 0) is 36.8 Å². The highest BCUT2D eigenvalue weighted by Gasteiger charge is 2.24. The molecule has 0 bridgehead atoms. The molecule has 110 valence electrons. The molecule has 0 radical (unpaired) electrons. The number of aryl methyl sites for hydroxylation is 1. The van der Waals surface area contributed by atoms with Crippen LogP contribution in [-0.2, 0) is 6.42 Å². The number of benzene rings is 2. The fourth-order valence-corrected chi connectivity index (χ4v) is 2.97. The molecule has 2 aromatic carbocycles. The largest absolute Gasteiger partial charge is 0.488 e. The Balaban J connectivity index is 1.72. The summed E-state index contributed by atoms with van der Waals surface area (Å²) in [6.07, 6.45) is 1.08. The fourth-order valence-electron chi connectivity index (χ4n) is 2.80. The fraction of sp³-hybridized carbons (Fsp3) is 0.294. The van der Waals surface area contributed by atoms with E-state index in [1.54, 1.807) is 6.07 Å². The van der Waals surface area contributed by atoms with Crippen LogP contribution >= 0.6 is 11.6 Å². The van der Waals surface area contributed by atoms with Crippen molar-refractivity contribution in [3.8, 4) is 5.75 Å². The van der Waals surface area contributed by atoms with Gasteiger partial charge in [-0.3, -0.25) is 0 Å². The number of nitrogen functional groups attached to an aromatic ring is 1. The van der Waals surface area contributed by atoms with Crippen molar-refractivity contribution in [2.45, 2.75) is 19.4 Å². The van der Waals surface area contributed by atoms with Gasteiger partial charge in [0.1, 0.15) is 11.9 Å². The SMILES string of the molecule is Cc1ccc2c(c1)CC(CN(C)c1cc(Cl)ccc1N)O2. The Morgan fingerprint density at radius 1 is 1.29 bits per heavy atom. The first-order chi connectivity index (χ1) is 10.0. The Hall–Kier alpha value is -1.87. The minimum atomic E-state index is 0.144. The van der Waals surface area contributed by atoms with Crippen LogP contribution in [0, 0.1) is 6.92 Å². The van der Waals surface area contributed by atoms with Crippen LogP contribution in [0.3, 0.4) is 0 Å². The van der Waals surface area contributed by atoms with Gasteiger partial charge in [0, 0.05) is 18.5 Å². The van der Waals surface area contributed by atoms with E-state index < -0.39 is 0 Å². The van der Waals surface area contributed by atoms with E-state index in [2.05, 4.69) is 30.0 Å². The normalized spacial score (nSPS) is 16.4. The first-order valence-electron chi connectivity index (χ1n) is 7.05. The zero-order valence-corrected chi connectivity index (χ0v) is 13.0. The van der Waals surface area contributed by atoms with Gasteiger partial charge in [-0.1, -0.05) is 29.3 Å². The molecule has 3 nitrogen and oxygen atoms in total. The number of anilines is 2. The van der Waals surface area contributed by atoms with E-state index in [4.69, 9.17) is 22.1 Å². The standard InChI is InChI=1S/C17H19ClN2O/c1-11-3-6-17-12(7-11)8-14(21-17)10-20(2)16-9-13(18)4-5-15(16)19/h3-7,9,14H,8,10,19H2,1-2H3. The zero-order valence-electron chi connectivity index (χ0n) is 12.3. The predicted molar refractivity (Wildman–Crippen MR) is 88.4 cm³/mol. The molecule has 0 saturated carbocycles. The average molecular weight is 303 g/mol. The number of hydrogen-bond acceptors (Lipinski definition) is 3. The van der Waals surface area contributed by atoms with Crippen molar-refractivity contribution >= 4 is 23.0 Å². The molecular weight excluding hydrogens is 284 g/mol. The van der Waals surface area contributed by atoms with Crippen LogP contribution in [0.4, 0.5) is 11.4 Å². The summed E-state index contributed by atoms with van der Waals surface area (Å²) in [4.78, 5) is 2.10. The highest BCUT2D eigenvalue weighted by Crippen LogP contribution is 2.31. The lowest BCUT2D eigenvalue weighted by Crippen LogP contribution is -2.32. The second-order valence-electron chi connectivity index (χ2n) is 5.64.